The summed E-state index contributed by atoms with van der Waals surface area (Å²) in [7, 11) is -1.54. The van der Waals surface area contributed by atoms with E-state index in [1.165, 1.54) is 4.90 Å². The second kappa shape index (κ2) is 4.35. The van der Waals surface area contributed by atoms with Crippen LogP contribution in [0.15, 0.2) is 11.5 Å². The van der Waals surface area contributed by atoms with Gasteiger partial charge in [-0.15, -0.1) is 0 Å². The first-order chi connectivity index (χ1) is 7.55. The average Bonchev–Trinajstić information content (AvgIpc) is 2.37. The number of rotatable bonds is 1. The molecule has 1 aliphatic rings. The van der Waals surface area contributed by atoms with Crippen molar-refractivity contribution in [1.29, 1.82) is 0 Å². The lowest BCUT2D eigenvalue weighted by molar-refractivity contribution is 0.0157. The molecule has 0 aromatic carbocycles. The van der Waals surface area contributed by atoms with Crippen LogP contribution in [0.5, 0.6) is 0 Å². The molecule has 0 bridgehead atoms. The van der Waals surface area contributed by atoms with Gasteiger partial charge in [-0.1, -0.05) is 6.08 Å². The van der Waals surface area contributed by atoms with Crippen LogP contribution in [0.1, 0.15) is 34.6 Å². The number of amides is 1. The van der Waals surface area contributed by atoms with Crippen molar-refractivity contribution in [2.24, 2.45) is 0 Å². The quantitative estimate of drug-likeness (QED) is 0.670. The van der Waals surface area contributed by atoms with Gasteiger partial charge in [0.05, 0.1) is 5.54 Å². The summed E-state index contributed by atoms with van der Waals surface area (Å²) in [5.41, 5.74) is -0.882. The number of hydrogen-bond acceptors (Lipinski definition) is 4. The topological polar surface area (TPSA) is 70.0 Å². The Hall–Kier alpha value is -1.01. The summed E-state index contributed by atoms with van der Waals surface area (Å²) in [4.78, 5) is 13.4. The van der Waals surface area contributed by atoms with Crippen molar-refractivity contribution < 1.29 is 19.6 Å². The number of nitrogens with zero attached hydrogens (tertiary/aromatic N) is 1. The van der Waals surface area contributed by atoms with Crippen LogP contribution in [0.25, 0.3) is 0 Å². The smallest absolute Gasteiger partial charge is 0.444 e. The molecule has 1 rings (SSSR count). The zero-order chi connectivity index (χ0) is 13.4. The molecule has 0 radical (unpaired) electrons. The molecule has 5 nitrogen and oxygen atoms in total. The molecular formula is C11H20BNO4. The fourth-order valence-corrected chi connectivity index (χ4v) is 1.86. The maximum atomic E-state index is 12.0. The van der Waals surface area contributed by atoms with Crippen LogP contribution in [0, 0.1) is 0 Å². The van der Waals surface area contributed by atoms with Crippen molar-refractivity contribution in [2.45, 2.75) is 45.8 Å². The minimum atomic E-state index is -1.54. The molecule has 1 aliphatic heterocycles. The predicted octanol–water partition coefficient (Wildman–Crippen LogP) is 0.954. The second-order valence-corrected chi connectivity index (χ2v) is 5.68. The molecule has 1 amide bonds. The molecule has 0 saturated heterocycles. The number of carbonyl (C=O) groups is 1. The molecule has 2 N–H and O–H groups in total. The van der Waals surface area contributed by atoms with E-state index < -0.39 is 24.4 Å². The zero-order valence-corrected chi connectivity index (χ0v) is 11.0. The standard InChI is InChI=1S/C11H20BNO4/c1-10(2,3)17-9(14)13-7-6-8(12(15)16)11(13,4)5/h6,15-16H,7H2,1-5H3. The summed E-state index contributed by atoms with van der Waals surface area (Å²) in [6, 6.07) is 0. The van der Waals surface area contributed by atoms with E-state index in [-0.39, 0.29) is 0 Å². The molecule has 1 heterocycles. The summed E-state index contributed by atoms with van der Waals surface area (Å²) in [5.74, 6) is 0. The maximum Gasteiger partial charge on any atom is 0.486 e. The molecule has 0 spiro atoms. The Labute approximate surface area is 102 Å². The van der Waals surface area contributed by atoms with Gasteiger partial charge in [0.1, 0.15) is 5.60 Å². The van der Waals surface area contributed by atoms with Gasteiger partial charge in [0.25, 0.3) is 0 Å². The van der Waals surface area contributed by atoms with E-state index in [4.69, 9.17) is 4.74 Å². The molecule has 96 valence electrons. The van der Waals surface area contributed by atoms with E-state index in [1.54, 1.807) is 40.7 Å². The van der Waals surface area contributed by atoms with Gasteiger partial charge in [-0.2, -0.15) is 0 Å². The first kappa shape index (κ1) is 14.1. The number of hydrogen-bond donors (Lipinski definition) is 2. The van der Waals surface area contributed by atoms with E-state index in [0.717, 1.165) is 0 Å². The van der Waals surface area contributed by atoms with E-state index in [0.29, 0.717) is 12.0 Å². The zero-order valence-electron chi connectivity index (χ0n) is 11.0. The van der Waals surface area contributed by atoms with Crippen molar-refractivity contribution in [2.75, 3.05) is 6.54 Å². The Morgan fingerprint density at radius 2 is 2.00 bits per heavy atom. The van der Waals surface area contributed by atoms with Crippen LogP contribution in [-0.4, -0.2) is 45.8 Å². The highest BCUT2D eigenvalue weighted by molar-refractivity contribution is 6.51. The van der Waals surface area contributed by atoms with Gasteiger partial charge in [0, 0.05) is 6.54 Å². The Bertz CT molecular complexity index is 344. The third kappa shape index (κ3) is 3.01. The first-order valence-corrected chi connectivity index (χ1v) is 5.63. The average molecular weight is 241 g/mol. The summed E-state index contributed by atoms with van der Waals surface area (Å²) >= 11 is 0. The van der Waals surface area contributed by atoms with Crippen LogP contribution in [-0.2, 0) is 4.74 Å². The molecule has 17 heavy (non-hydrogen) atoms. The Morgan fingerprint density at radius 3 is 2.35 bits per heavy atom. The minimum absolute atomic E-state index is 0.328. The minimum Gasteiger partial charge on any atom is -0.444 e. The fraction of sp³-hybridized carbons (Fsp3) is 0.727. The van der Waals surface area contributed by atoms with Crippen molar-refractivity contribution in [3.8, 4) is 0 Å². The van der Waals surface area contributed by atoms with Gasteiger partial charge in [-0.05, 0) is 40.1 Å². The van der Waals surface area contributed by atoms with Gasteiger partial charge in [0.15, 0.2) is 0 Å². The lowest BCUT2D eigenvalue weighted by atomic mass is 9.70. The molecule has 0 saturated carbocycles. The van der Waals surface area contributed by atoms with E-state index >= 15 is 0 Å². The summed E-state index contributed by atoms with van der Waals surface area (Å²) in [6.07, 6.45) is 1.20. The van der Waals surface area contributed by atoms with Gasteiger partial charge in [0.2, 0.25) is 0 Å². The van der Waals surface area contributed by atoms with Gasteiger partial charge >= 0.3 is 13.2 Å². The highest BCUT2D eigenvalue weighted by atomic mass is 16.6. The molecule has 0 fully saturated rings. The molecular weight excluding hydrogens is 221 g/mol. The van der Waals surface area contributed by atoms with E-state index in [2.05, 4.69) is 0 Å². The third-order valence-electron chi connectivity index (χ3n) is 2.77. The van der Waals surface area contributed by atoms with Crippen LogP contribution < -0.4 is 0 Å². The highest BCUT2D eigenvalue weighted by Gasteiger charge is 2.44. The molecule has 0 aromatic heterocycles. The maximum absolute atomic E-state index is 12.0. The SMILES string of the molecule is CC(C)(C)OC(=O)N1CC=C(B(O)O)C1(C)C. The number of ether oxygens (including phenoxy) is 1. The van der Waals surface area contributed by atoms with Crippen LogP contribution in [0.3, 0.4) is 0 Å². The lowest BCUT2D eigenvalue weighted by Crippen LogP contribution is -2.49. The van der Waals surface area contributed by atoms with Gasteiger partial charge in [-0.25, -0.2) is 4.79 Å². The van der Waals surface area contributed by atoms with Crippen LogP contribution in [0.4, 0.5) is 4.79 Å². The van der Waals surface area contributed by atoms with E-state index in [9.17, 15) is 14.8 Å². The van der Waals surface area contributed by atoms with Crippen LogP contribution in [0.2, 0.25) is 0 Å². The predicted molar refractivity (Wildman–Crippen MR) is 65.3 cm³/mol. The van der Waals surface area contributed by atoms with E-state index in [1.807, 2.05) is 0 Å². The highest BCUT2D eigenvalue weighted by Crippen LogP contribution is 2.31. The first-order valence-electron chi connectivity index (χ1n) is 5.63. The Balaban J connectivity index is 2.81. The summed E-state index contributed by atoms with van der Waals surface area (Å²) in [5, 5.41) is 18.5. The fourth-order valence-electron chi connectivity index (χ4n) is 1.86. The Morgan fingerprint density at radius 1 is 1.47 bits per heavy atom. The monoisotopic (exact) mass is 241 g/mol. The summed E-state index contributed by atoms with van der Waals surface area (Å²) < 4.78 is 5.28. The van der Waals surface area contributed by atoms with Crippen molar-refractivity contribution in [3.63, 3.8) is 0 Å². The van der Waals surface area contributed by atoms with Crippen molar-refractivity contribution in [3.05, 3.63) is 11.5 Å². The van der Waals surface area contributed by atoms with Crippen LogP contribution >= 0.6 is 0 Å². The van der Waals surface area contributed by atoms with Gasteiger partial charge < -0.3 is 14.8 Å². The third-order valence-corrected chi connectivity index (χ3v) is 2.77. The molecule has 0 aliphatic carbocycles. The molecule has 0 unspecified atom stereocenters. The molecule has 0 aromatic rings. The largest absolute Gasteiger partial charge is 0.486 e. The lowest BCUT2D eigenvalue weighted by Gasteiger charge is -2.35. The Kier molecular flexibility index (Phi) is 3.59. The van der Waals surface area contributed by atoms with Crippen molar-refractivity contribution >= 4 is 13.2 Å². The van der Waals surface area contributed by atoms with Gasteiger partial charge in [-0.3, -0.25) is 4.90 Å². The normalized spacial score (nSPS) is 19.0. The molecule has 0 atom stereocenters. The van der Waals surface area contributed by atoms with Crippen molar-refractivity contribution in [1.82, 2.24) is 4.90 Å². The second-order valence-electron chi connectivity index (χ2n) is 5.68. The molecule has 6 heteroatoms. The summed E-state index contributed by atoms with van der Waals surface area (Å²) in [6.45, 7) is 9.23. The number of carbonyl (C=O) groups excluding carboxylic acids is 1.